The lowest BCUT2D eigenvalue weighted by Crippen LogP contribution is -2.46. The summed E-state index contributed by atoms with van der Waals surface area (Å²) in [5.41, 5.74) is 6.10. The molecule has 3 aromatic heterocycles. The molecule has 0 saturated carbocycles. The van der Waals surface area contributed by atoms with E-state index in [4.69, 9.17) is 9.84 Å². The van der Waals surface area contributed by atoms with Crippen LogP contribution < -0.4 is 10.6 Å². The summed E-state index contributed by atoms with van der Waals surface area (Å²) in [5.74, 6) is 0.0144. The number of halogens is 1. The van der Waals surface area contributed by atoms with Crippen molar-refractivity contribution in [2.45, 2.75) is 12.8 Å². The standard InChI is InChI=1S/C26H24BrN7O3S/c1-37-26(36)31-25-30-19-6-5-17-21(16-3-2-8-29-14-16)32-34(22(17)23(19)38-25)20-7-4-15(13-18(20)27)24(35)33-11-9-28-10-12-33/h2-4,7-8,13-14,28H,5-6,9-12H2,1H3,(H,30,31,36). The molecule has 0 atom stereocenters. The number of methoxy groups -OCH3 is 1. The summed E-state index contributed by atoms with van der Waals surface area (Å²) >= 11 is 5.11. The number of benzene rings is 1. The number of hydrogen-bond acceptors (Lipinski definition) is 8. The third-order valence-corrected chi connectivity index (χ3v) is 8.32. The molecule has 10 nitrogen and oxygen atoms in total. The molecule has 1 saturated heterocycles. The lowest BCUT2D eigenvalue weighted by Gasteiger charge is -2.27. The van der Waals surface area contributed by atoms with Crippen molar-refractivity contribution in [3.8, 4) is 27.5 Å². The zero-order valence-electron chi connectivity index (χ0n) is 20.5. The van der Waals surface area contributed by atoms with Crippen molar-refractivity contribution in [3.05, 3.63) is 64.0 Å². The number of thiazole rings is 1. The Hall–Kier alpha value is -3.61. The van der Waals surface area contributed by atoms with Crippen molar-refractivity contribution in [1.82, 2.24) is 30.0 Å². The Morgan fingerprint density at radius 2 is 2.03 bits per heavy atom. The third kappa shape index (κ3) is 4.48. The molecular formula is C26H24BrN7O3S. The van der Waals surface area contributed by atoms with Crippen molar-refractivity contribution in [3.63, 3.8) is 0 Å². The summed E-state index contributed by atoms with van der Waals surface area (Å²) in [4.78, 5) is 36.7. The Morgan fingerprint density at radius 3 is 2.76 bits per heavy atom. The average molecular weight is 594 g/mol. The molecule has 38 heavy (non-hydrogen) atoms. The van der Waals surface area contributed by atoms with Crippen LogP contribution in [0.5, 0.6) is 0 Å². The van der Waals surface area contributed by atoms with Crippen LogP contribution in [0.1, 0.15) is 21.6 Å². The maximum Gasteiger partial charge on any atom is 0.413 e. The smallest absolute Gasteiger partial charge is 0.413 e. The Balaban J connectivity index is 1.46. The number of nitrogens with one attached hydrogen (secondary N) is 2. The maximum atomic E-state index is 13.1. The molecule has 0 spiro atoms. The van der Waals surface area contributed by atoms with E-state index < -0.39 is 6.09 Å². The second kappa shape index (κ2) is 10.3. The lowest BCUT2D eigenvalue weighted by atomic mass is 9.95. The zero-order valence-corrected chi connectivity index (χ0v) is 22.9. The van der Waals surface area contributed by atoms with Crippen molar-refractivity contribution in [2.75, 3.05) is 38.6 Å². The molecule has 0 radical (unpaired) electrons. The number of amides is 2. The molecule has 4 aromatic rings. The molecule has 12 heteroatoms. The molecule has 4 heterocycles. The predicted molar refractivity (Wildman–Crippen MR) is 148 cm³/mol. The molecule has 1 aromatic carbocycles. The van der Waals surface area contributed by atoms with Gasteiger partial charge in [-0.1, -0.05) is 11.3 Å². The van der Waals surface area contributed by atoms with Gasteiger partial charge >= 0.3 is 6.09 Å². The normalized spacial score (nSPS) is 14.5. The summed E-state index contributed by atoms with van der Waals surface area (Å²) in [7, 11) is 1.32. The summed E-state index contributed by atoms with van der Waals surface area (Å²) in [6.07, 6.45) is 4.45. The first kappa shape index (κ1) is 24.7. The van der Waals surface area contributed by atoms with Gasteiger partial charge in [0.25, 0.3) is 5.91 Å². The molecule has 2 aliphatic rings. The number of pyridine rings is 1. The van der Waals surface area contributed by atoms with Gasteiger partial charge in [0.05, 0.1) is 34.8 Å². The topological polar surface area (TPSA) is 114 Å². The van der Waals surface area contributed by atoms with E-state index in [0.717, 1.165) is 69.2 Å². The van der Waals surface area contributed by atoms with Crippen LogP contribution in [0.15, 0.2) is 47.2 Å². The largest absolute Gasteiger partial charge is 0.453 e. The van der Waals surface area contributed by atoms with E-state index in [1.165, 1.54) is 18.4 Å². The van der Waals surface area contributed by atoms with Gasteiger partial charge in [0, 0.05) is 59.7 Å². The van der Waals surface area contributed by atoms with E-state index >= 15 is 0 Å². The fraction of sp³-hybridized carbons (Fsp3) is 0.269. The minimum Gasteiger partial charge on any atom is -0.453 e. The molecule has 0 unspecified atom stereocenters. The first-order valence-corrected chi connectivity index (χ1v) is 13.8. The first-order valence-electron chi connectivity index (χ1n) is 12.2. The van der Waals surface area contributed by atoms with Crippen LogP contribution in [0.25, 0.3) is 27.5 Å². The minimum absolute atomic E-state index is 0.0144. The SMILES string of the molecule is COC(=O)Nc1nc2c(s1)-c1c(c(-c3cccnc3)nn1-c1ccc(C(=O)N3CCNCC3)cc1Br)CC2. The van der Waals surface area contributed by atoms with Gasteiger partial charge in [-0.05, 0) is 59.1 Å². The second-order valence-electron chi connectivity index (χ2n) is 8.95. The van der Waals surface area contributed by atoms with Gasteiger partial charge in [0.2, 0.25) is 0 Å². The van der Waals surface area contributed by atoms with Crippen LogP contribution in [0.2, 0.25) is 0 Å². The van der Waals surface area contributed by atoms with Crippen LogP contribution in [0, 0.1) is 0 Å². The predicted octanol–water partition coefficient (Wildman–Crippen LogP) is 4.14. The summed E-state index contributed by atoms with van der Waals surface area (Å²) in [6.45, 7) is 2.97. The van der Waals surface area contributed by atoms with Crippen molar-refractivity contribution in [1.29, 1.82) is 0 Å². The molecule has 194 valence electrons. The van der Waals surface area contributed by atoms with E-state index in [-0.39, 0.29) is 5.91 Å². The van der Waals surface area contributed by atoms with E-state index in [1.807, 2.05) is 46.1 Å². The number of anilines is 1. The van der Waals surface area contributed by atoms with Crippen molar-refractivity contribution < 1.29 is 14.3 Å². The molecule has 6 rings (SSSR count). The number of aryl methyl sites for hydroxylation is 1. The quantitative estimate of drug-likeness (QED) is 0.365. The van der Waals surface area contributed by atoms with Gasteiger partial charge in [-0.25, -0.2) is 14.5 Å². The molecule has 1 fully saturated rings. The van der Waals surface area contributed by atoms with Crippen LogP contribution in [0.4, 0.5) is 9.93 Å². The molecule has 1 aliphatic carbocycles. The number of aromatic nitrogens is 4. The second-order valence-corrected chi connectivity index (χ2v) is 10.8. The monoisotopic (exact) mass is 593 g/mol. The number of carbonyl (C=O) groups excluding carboxylic acids is 2. The maximum absolute atomic E-state index is 13.1. The van der Waals surface area contributed by atoms with Gasteiger partial charge in [-0.2, -0.15) is 5.10 Å². The van der Waals surface area contributed by atoms with Gasteiger partial charge in [0.1, 0.15) is 0 Å². The molecule has 2 N–H and O–H groups in total. The van der Waals surface area contributed by atoms with Gasteiger partial charge in [0.15, 0.2) is 5.13 Å². The Kier molecular flexibility index (Phi) is 6.68. The van der Waals surface area contributed by atoms with Crippen LogP contribution in [0.3, 0.4) is 0 Å². The Morgan fingerprint density at radius 1 is 1.18 bits per heavy atom. The summed E-state index contributed by atoms with van der Waals surface area (Å²) < 4.78 is 7.41. The van der Waals surface area contributed by atoms with E-state index in [2.05, 4.69) is 36.5 Å². The Labute approximate surface area is 231 Å². The molecule has 2 amide bonds. The highest BCUT2D eigenvalue weighted by Gasteiger charge is 2.31. The zero-order chi connectivity index (χ0) is 26.2. The lowest BCUT2D eigenvalue weighted by molar-refractivity contribution is 0.0735. The number of fused-ring (bicyclic) bond motifs is 3. The summed E-state index contributed by atoms with van der Waals surface area (Å²) in [6, 6.07) is 9.52. The van der Waals surface area contributed by atoms with Gasteiger partial charge < -0.3 is 15.0 Å². The number of nitrogens with zero attached hydrogens (tertiary/aromatic N) is 5. The third-order valence-electron chi connectivity index (χ3n) is 6.66. The van der Waals surface area contributed by atoms with E-state index in [9.17, 15) is 9.59 Å². The number of hydrogen-bond donors (Lipinski definition) is 2. The van der Waals surface area contributed by atoms with Crippen molar-refractivity contribution in [2.24, 2.45) is 0 Å². The fourth-order valence-electron chi connectivity index (χ4n) is 4.83. The summed E-state index contributed by atoms with van der Waals surface area (Å²) in [5, 5.41) is 11.5. The minimum atomic E-state index is -0.562. The highest BCUT2D eigenvalue weighted by molar-refractivity contribution is 9.10. The average Bonchev–Trinajstić information content (AvgIpc) is 3.54. The first-order chi connectivity index (χ1) is 18.5. The van der Waals surface area contributed by atoms with Crippen LogP contribution in [-0.4, -0.2) is 69.9 Å². The number of ether oxygens (including phenoxy) is 1. The highest BCUT2D eigenvalue weighted by Crippen LogP contribution is 2.44. The van der Waals surface area contributed by atoms with E-state index in [0.29, 0.717) is 23.8 Å². The van der Waals surface area contributed by atoms with Crippen LogP contribution in [-0.2, 0) is 17.6 Å². The van der Waals surface area contributed by atoms with Crippen LogP contribution >= 0.6 is 27.3 Å². The number of piperazine rings is 1. The van der Waals surface area contributed by atoms with Crippen molar-refractivity contribution >= 4 is 44.4 Å². The molecular weight excluding hydrogens is 570 g/mol. The number of rotatable bonds is 4. The molecule has 1 aliphatic heterocycles. The van der Waals surface area contributed by atoms with E-state index in [1.54, 1.807) is 6.20 Å². The highest BCUT2D eigenvalue weighted by atomic mass is 79.9. The van der Waals surface area contributed by atoms with Gasteiger partial charge in [-0.15, -0.1) is 0 Å². The molecule has 0 bridgehead atoms. The van der Waals surface area contributed by atoms with Gasteiger partial charge in [-0.3, -0.25) is 15.1 Å². The Bertz CT molecular complexity index is 1530. The fourth-order valence-corrected chi connectivity index (χ4v) is 6.44. The number of carbonyl (C=O) groups is 2.